The van der Waals surface area contributed by atoms with Crippen LogP contribution in [0.5, 0.6) is 0 Å². The van der Waals surface area contributed by atoms with E-state index in [-0.39, 0.29) is 24.8 Å². The number of alkyl carbamates (subject to hydrolysis) is 1. The number of carbonyl (C=O) groups is 2. The van der Waals surface area contributed by atoms with Gasteiger partial charge in [0.25, 0.3) is 0 Å². The molecule has 0 bridgehead atoms. The lowest BCUT2D eigenvalue weighted by molar-refractivity contribution is -0.123. The molecule has 0 spiro atoms. The zero-order valence-electron chi connectivity index (χ0n) is 17.7. The molecule has 2 N–H and O–H groups in total. The van der Waals surface area contributed by atoms with Gasteiger partial charge in [0.1, 0.15) is 22.5 Å². The van der Waals surface area contributed by atoms with Crippen molar-refractivity contribution in [3.05, 3.63) is 35.9 Å². The minimum atomic E-state index is -3.28. The third-order valence-corrected chi connectivity index (χ3v) is 5.58. The number of carbonyl (C=O) groups excluding carboxylic acids is 2. The van der Waals surface area contributed by atoms with Crippen molar-refractivity contribution >= 4 is 21.8 Å². The Bertz CT molecular complexity index is 736. The van der Waals surface area contributed by atoms with Gasteiger partial charge in [-0.05, 0) is 32.0 Å². The normalized spacial score (nSPS) is 13.6. The molecule has 0 radical (unpaired) electrons. The van der Waals surface area contributed by atoms with Gasteiger partial charge >= 0.3 is 6.09 Å². The maximum atomic E-state index is 12.6. The number of amides is 2. The van der Waals surface area contributed by atoms with Crippen molar-refractivity contribution in [2.75, 3.05) is 31.6 Å². The molecule has 164 valence electrons. The van der Waals surface area contributed by atoms with Crippen LogP contribution in [-0.2, 0) is 26.0 Å². The molecular weight excluding hydrogens is 394 g/mol. The van der Waals surface area contributed by atoms with Crippen LogP contribution in [0.3, 0.4) is 0 Å². The van der Waals surface area contributed by atoms with Gasteiger partial charge in [0.05, 0.1) is 5.75 Å². The molecule has 1 aromatic carbocycles. The third-order valence-electron chi connectivity index (χ3n) is 4.61. The summed E-state index contributed by atoms with van der Waals surface area (Å²) in [5, 5.41) is 5.29. The van der Waals surface area contributed by atoms with Gasteiger partial charge in [-0.1, -0.05) is 44.2 Å². The minimum absolute atomic E-state index is 0.0231. The summed E-state index contributed by atoms with van der Waals surface area (Å²) in [6, 6.07) is 8.28. The molecule has 0 fully saturated rings. The molecule has 0 aliphatic rings. The summed E-state index contributed by atoms with van der Waals surface area (Å²) in [6.07, 6.45) is 0.308. The van der Waals surface area contributed by atoms with Crippen molar-refractivity contribution in [2.45, 2.75) is 45.9 Å². The van der Waals surface area contributed by atoms with E-state index >= 15 is 0 Å². The average Bonchev–Trinajstić information content (AvgIpc) is 2.68. The van der Waals surface area contributed by atoms with E-state index < -0.39 is 27.9 Å². The van der Waals surface area contributed by atoms with E-state index in [0.29, 0.717) is 6.54 Å². The Kier molecular flexibility index (Phi) is 10.7. The van der Waals surface area contributed by atoms with Crippen LogP contribution in [0.25, 0.3) is 0 Å². The Morgan fingerprint density at radius 3 is 2.31 bits per heavy atom. The Balaban J connectivity index is 2.66. The Morgan fingerprint density at radius 2 is 1.76 bits per heavy atom. The van der Waals surface area contributed by atoms with Gasteiger partial charge in [-0.3, -0.25) is 9.69 Å². The van der Waals surface area contributed by atoms with Crippen LogP contribution in [0, 0.1) is 0 Å². The maximum Gasteiger partial charge on any atom is 0.408 e. The predicted molar refractivity (Wildman–Crippen MR) is 113 cm³/mol. The van der Waals surface area contributed by atoms with E-state index in [1.165, 1.54) is 0 Å². The molecule has 2 atom stereocenters. The van der Waals surface area contributed by atoms with Gasteiger partial charge in [0.2, 0.25) is 5.91 Å². The number of nitrogens with one attached hydrogen (secondary N) is 2. The van der Waals surface area contributed by atoms with Gasteiger partial charge < -0.3 is 15.4 Å². The molecule has 0 aliphatic carbocycles. The van der Waals surface area contributed by atoms with Gasteiger partial charge in [-0.15, -0.1) is 0 Å². The van der Waals surface area contributed by atoms with E-state index in [1.54, 1.807) is 0 Å². The lowest BCUT2D eigenvalue weighted by atomic mass is 10.2. The number of rotatable bonds is 12. The minimum Gasteiger partial charge on any atom is -0.445 e. The van der Waals surface area contributed by atoms with Crippen molar-refractivity contribution in [2.24, 2.45) is 0 Å². The fourth-order valence-electron chi connectivity index (χ4n) is 2.86. The SMILES string of the molecule is CCN(CC)C(C)CNC(=O)C(CCS(C)(=O)=O)NC(=O)OCc1ccccc1. The summed E-state index contributed by atoms with van der Waals surface area (Å²) in [5.41, 5.74) is 0.813. The highest BCUT2D eigenvalue weighted by molar-refractivity contribution is 7.90. The fraction of sp³-hybridized carbons (Fsp3) is 0.600. The molecular formula is C20H33N3O5S. The van der Waals surface area contributed by atoms with Crippen molar-refractivity contribution in [1.82, 2.24) is 15.5 Å². The number of hydrogen-bond acceptors (Lipinski definition) is 6. The molecule has 0 aromatic heterocycles. The first-order valence-corrected chi connectivity index (χ1v) is 11.9. The van der Waals surface area contributed by atoms with E-state index in [0.717, 1.165) is 24.9 Å². The van der Waals surface area contributed by atoms with Crippen LogP contribution in [0.15, 0.2) is 30.3 Å². The largest absolute Gasteiger partial charge is 0.445 e. The highest BCUT2D eigenvalue weighted by Crippen LogP contribution is 2.03. The van der Waals surface area contributed by atoms with E-state index in [4.69, 9.17) is 4.74 Å². The zero-order chi connectivity index (χ0) is 21.9. The molecule has 0 saturated carbocycles. The lowest BCUT2D eigenvalue weighted by Crippen LogP contribution is -2.50. The standard InChI is InChI=1S/C20H33N3O5S/c1-5-23(6-2)16(3)14-21-19(24)18(12-13-29(4,26)27)22-20(25)28-15-17-10-8-7-9-11-17/h7-11,16,18H,5-6,12-15H2,1-4H3,(H,21,24)(H,22,25). The summed E-state index contributed by atoms with van der Waals surface area (Å²) in [5.74, 6) is -0.639. The molecule has 29 heavy (non-hydrogen) atoms. The third kappa shape index (κ3) is 10.3. The maximum absolute atomic E-state index is 12.6. The molecule has 1 aromatic rings. The van der Waals surface area contributed by atoms with E-state index in [1.807, 2.05) is 51.1 Å². The zero-order valence-corrected chi connectivity index (χ0v) is 18.5. The van der Waals surface area contributed by atoms with Crippen LogP contribution in [0.1, 0.15) is 32.8 Å². The van der Waals surface area contributed by atoms with Crippen LogP contribution in [0.4, 0.5) is 4.79 Å². The highest BCUT2D eigenvalue weighted by atomic mass is 32.2. The van der Waals surface area contributed by atoms with Crippen molar-refractivity contribution < 1.29 is 22.7 Å². The Labute approximate surface area is 173 Å². The van der Waals surface area contributed by atoms with Crippen molar-refractivity contribution in [3.8, 4) is 0 Å². The van der Waals surface area contributed by atoms with Crippen LogP contribution < -0.4 is 10.6 Å². The number of nitrogens with zero attached hydrogens (tertiary/aromatic N) is 1. The fourth-order valence-corrected chi connectivity index (χ4v) is 3.52. The van der Waals surface area contributed by atoms with Crippen LogP contribution in [0.2, 0.25) is 0 Å². The first kappa shape index (κ1) is 24.9. The molecule has 8 nitrogen and oxygen atoms in total. The van der Waals surface area contributed by atoms with Crippen molar-refractivity contribution in [3.63, 3.8) is 0 Å². The second-order valence-electron chi connectivity index (χ2n) is 6.99. The molecule has 9 heteroatoms. The second kappa shape index (κ2) is 12.4. The van der Waals surface area contributed by atoms with Crippen LogP contribution >= 0.6 is 0 Å². The molecule has 2 unspecified atom stereocenters. The summed E-state index contributed by atoms with van der Waals surface area (Å²) in [7, 11) is -3.28. The monoisotopic (exact) mass is 427 g/mol. The van der Waals surface area contributed by atoms with Crippen molar-refractivity contribution in [1.29, 1.82) is 0 Å². The van der Waals surface area contributed by atoms with Gasteiger partial charge in [-0.2, -0.15) is 0 Å². The molecule has 0 heterocycles. The number of benzene rings is 1. The smallest absolute Gasteiger partial charge is 0.408 e. The van der Waals surface area contributed by atoms with Gasteiger partial charge in [0.15, 0.2) is 0 Å². The summed E-state index contributed by atoms with van der Waals surface area (Å²) < 4.78 is 28.2. The van der Waals surface area contributed by atoms with Crippen LogP contribution in [-0.4, -0.2) is 69.0 Å². The predicted octanol–water partition coefficient (Wildman–Crippen LogP) is 1.56. The number of sulfone groups is 1. The highest BCUT2D eigenvalue weighted by Gasteiger charge is 2.24. The first-order chi connectivity index (χ1) is 13.7. The summed E-state index contributed by atoms with van der Waals surface area (Å²) in [4.78, 5) is 26.9. The number of likely N-dealkylation sites (N-methyl/N-ethyl adjacent to an activating group) is 1. The molecule has 0 aliphatic heterocycles. The average molecular weight is 428 g/mol. The molecule has 2 amide bonds. The Morgan fingerprint density at radius 1 is 1.14 bits per heavy atom. The molecule has 1 rings (SSSR count). The quantitative estimate of drug-likeness (QED) is 0.525. The number of hydrogen-bond donors (Lipinski definition) is 2. The number of ether oxygens (including phenoxy) is 1. The topological polar surface area (TPSA) is 105 Å². The summed E-state index contributed by atoms with van der Waals surface area (Å²) >= 11 is 0. The van der Waals surface area contributed by atoms with Gasteiger partial charge in [0, 0.05) is 18.8 Å². The van der Waals surface area contributed by atoms with E-state index in [9.17, 15) is 18.0 Å². The first-order valence-electron chi connectivity index (χ1n) is 9.83. The Hall–Kier alpha value is -2.13. The summed E-state index contributed by atoms with van der Waals surface area (Å²) in [6.45, 7) is 8.26. The van der Waals surface area contributed by atoms with Gasteiger partial charge in [-0.25, -0.2) is 13.2 Å². The molecule has 0 saturated heterocycles. The second-order valence-corrected chi connectivity index (χ2v) is 9.25. The lowest BCUT2D eigenvalue weighted by Gasteiger charge is -2.27. The van der Waals surface area contributed by atoms with E-state index in [2.05, 4.69) is 15.5 Å².